The Labute approximate surface area is 98.7 Å². The molecular weight excluding hydrogens is 226 g/mol. The maximum Gasteiger partial charge on any atom is 0.326 e. The van der Waals surface area contributed by atoms with Crippen LogP contribution in [0.2, 0.25) is 0 Å². The fourth-order valence-electron chi connectivity index (χ4n) is 1.85. The van der Waals surface area contributed by atoms with E-state index in [9.17, 15) is 14.4 Å². The Balaban J connectivity index is 2.57. The molecule has 96 valence electrons. The number of carboxylic acids is 1. The number of amides is 2. The number of hydrogen-bond donors (Lipinski definition) is 4. The van der Waals surface area contributed by atoms with Gasteiger partial charge in [-0.3, -0.25) is 9.59 Å². The van der Waals surface area contributed by atoms with Gasteiger partial charge in [0.2, 0.25) is 11.8 Å². The van der Waals surface area contributed by atoms with Crippen molar-refractivity contribution in [2.45, 2.75) is 31.8 Å². The molecule has 1 fully saturated rings. The largest absolute Gasteiger partial charge is 0.480 e. The first-order valence-electron chi connectivity index (χ1n) is 5.46. The summed E-state index contributed by atoms with van der Waals surface area (Å²) in [4.78, 5) is 33.3. The average Bonchev–Trinajstić information content (AvgIpc) is 2.62. The van der Waals surface area contributed by atoms with Crippen LogP contribution in [0.15, 0.2) is 0 Å². The third-order valence-corrected chi connectivity index (χ3v) is 2.84. The van der Waals surface area contributed by atoms with Gasteiger partial charge in [-0.05, 0) is 18.9 Å². The van der Waals surface area contributed by atoms with E-state index in [0.29, 0.717) is 0 Å². The van der Waals surface area contributed by atoms with Crippen LogP contribution in [0, 0.1) is 5.92 Å². The quantitative estimate of drug-likeness (QED) is 0.464. The van der Waals surface area contributed by atoms with Gasteiger partial charge in [-0.1, -0.05) is 6.92 Å². The lowest BCUT2D eigenvalue weighted by Gasteiger charge is -2.19. The number of carbonyl (C=O) groups is 3. The van der Waals surface area contributed by atoms with E-state index in [1.807, 2.05) is 6.92 Å². The summed E-state index contributed by atoms with van der Waals surface area (Å²) < 4.78 is 0. The molecule has 7 nitrogen and oxygen atoms in total. The number of primary amides is 1. The molecule has 0 aromatic carbocycles. The second kappa shape index (κ2) is 5.62. The van der Waals surface area contributed by atoms with Crippen LogP contribution in [-0.2, 0) is 14.4 Å². The van der Waals surface area contributed by atoms with E-state index in [4.69, 9.17) is 10.8 Å². The van der Waals surface area contributed by atoms with Crippen molar-refractivity contribution in [1.82, 2.24) is 10.6 Å². The Morgan fingerprint density at radius 3 is 2.59 bits per heavy atom. The molecule has 0 saturated carbocycles. The van der Waals surface area contributed by atoms with Gasteiger partial charge in [-0.2, -0.15) is 0 Å². The predicted molar refractivity (Wildman–Crippen MR) is 58.9 cm³/mol. The van der Waals surface area contributed by atoms with Crippen LogP contribution in [0.5, 0.6) is 0 Å². The number of carbonyl (C=O) groups excluding carboxylic acids is 2. The van der Waals surface area contributed by atoms with Crippen molar-refractivity contribution < 1.29 is 19.5 Å². The molecule has 1 saturated heterocycles. The second-order valence-electron chi connectivity index (χ2n) is 4.27. The molecule has 7 heteroatoms. The van der Waals surface area contributed by atoms with Crippen molar-refractivity contribution in [3.8, 4) is 0 Å². The highest BCUT2D eigenvalue weighted by molar-refractivity contribution is 5.90. The number of nitrogens with two attached hydrogens (primary N) is 1. The molecule has 0 radical (unpaired) electrons. The van der Waals surface area contributed by atoms with Gasteiger partial charge in [-0.15, -0.1) is 0 Å². The maximum atomic E-state index is 11.8. The first-order chi connectivity index (χ1) is 7.91. The lowest BCUT2D eigenvalue weighted by atomic mass is 10.0. The van der Waals surface area contributed by atoms with Gasteiger partial charge >= 0.3 is 5.97 Å². The molecule has 3 atom stereocenters. The Morgan fingerprint density at radius 2 is 2.18 bits per heavy atom. The number of rotatable bonds is 5. The first kappa shape index (κ1) is 13.4. The monoisotopic (exact) mass is 243 g/mol. The van der Waals surface area contributed by atoms with Gasteiger partial charge < -0.3 is 21.5 Å². The maximum absolute atomic E-state index is 11.8. The molecule has 5 N–H and O–H groups in total. The SMILES string of the molecule is CC1CCNC1C(=O)N[C@H](CC(N)=O)C(=O)O. The molecule has 1 aliphatic heterocycles. The third kappa shape index (κ3) is 3.70. The van der Waals surface area contributed by atoms with E-state index in [1.54, 1.807) is 0 Å². The minimum absolute atomic E-state index is 0.151. The number of hydrogen-bond acceptors (Lipinski definition) is 4. The van der Waals surface area contributed by atoms with Gasteiger partial charge in [0, 0.05) is 0 Å². The predicted octanol–water partition coefficient (Wildman–Crippen LogP) is -1.57. The molecule has 0 spiro atoms. The molecule has 17 heavy (non-hydrogen) atoms. The summed E-state index contributed by atoms with van der Waals surface area (Å²) in [6.07, 6.45) is 0.466. The molecule has 1 aliphatic rings. The van der Waals surface area contributed by atoms with Crippen LogP contribution in [-0.4, -0.2) is 41.5 Å². The minimum atomic E-state index is -1.26. The summed E-state index contributed by atoms with van der Waals surface area (Å²) in [6, 6.07) is -1.65. The van der Waals surface area contributed by atoms with E-state index in [-0.39, 0.29) is 5.92 Å². The minimum Gasteiger partial charge on any atom is -0.480 e. The van der Waals surface area contributed by atoms with Crippen molar-refractivity contribution >= 4 is 17.8 Å². The van der Waals surface area contributed by atoms with Crippen LogP contribution >= 0.6 is 0 Å². The van der Waals surface area contributed by atoms with Gasteiger partial charge in [0.1, 0.15) is 6.04 Å². The van der Waals surface area contributed by atoms with E-state index < -0.39 is 36.3 Å². The van der Waals surface area contributed by atoms with Gasteiger partial charge in [-0.25, -0.2) is 4.79 Å². The average molecular weight is 243 g/mol. The standard InChI is InChI=1S/C10H17N3O4/c1-5-2-3-12-8(5)9(15)13-6(10(16)17)4-7(11)14/h5-6,8,12H,2-4H2,1H3,(H2,11,14)(H,13,15)(H,16,17)/t5?,6-,8?/m1/s1. The number of aliphatic carboxylic acids is 1. The first-order valence-corrected chi connectivity index (χ1v) is 5.46. The Kier molecular flexibility index (Phi) is 4.45. The Hall–Kier alpha value is -1.63. The van der Waals surface area contributed by atoms with E-state index in [1.165, 1.54) is 0 Å². The molecule has 0 aromatic heterocycles. The van der Waals surface area contributed by atoms with Crippen molar-refractivity contribution in [2.24, 2.45) is 11.7 Å². The summed E-state index contributed by atoms with van der Waals surface area (Å²) >= 11 is 0. The summed E-state index contributed by atoms with van der Waals surface area (Å²) in [7, 11) is 0. The molecule has 0 bridgehead atoms. The summed E-state index contributed by atoms with van der Waals surface area (Å²) in [5, 5.41) is 14.1. The van der Waals surface area contributed by atoms with Gasteiger partial charge in [0.25, 0.3) is 0 Å². The summed E-state index contributed by atoms with van der Waals surface area (Å²) in [5.41, 5.74) is 4.92. The van der Waals surface area contributed by atoms with Crippen LogP contribution in [0.3, 0.4) is 0 Å². The van der Waals surface area contributed by atoms with Crippen molar-refractivity contribution in [1.29, 1.82) is 0 Å². The lowest BCUT2D eigenvalue weighted by molar-refractivity contribution is -0.143. The highest BCUT2D eigenvalue weighted by Gasteiger charge is 2.32. The highest BCUT2D eigenvalue weighted by atomic mass is 16.4. The zero-order valence-corrected chi connectivity index (χ0v) is 9.60. The van der Waals surface area contributed by atoms with E-state index in [0.717, 1.165) is 13.0 Å². The Bertz CT molecular complexity index is 332. The molecule has 0 aromatic rings. The fraction of sp³-hybridized carbons (Fsp3) is 0.700. The zero-order valence-electron chi connectivity index (χ0n) is 9.60. The van der Waals surface area contributed by atoms with Crippen LogP contribution in [0.1, 0.15) is 19.8 Å². The van der Waals surface area contributed by atoms with Crippen LogP contribution in [0.4, 0.5) is 0 Å². The third-order valence-electron chi connectivity index (χ3n) is 2.84. The zero-order chi connectivity index (χ0) is 13.0. The topological polar surface area (TPSA) is 122 Å². The smallest absolute Gasteiger partial charge is 0.326 e. The van der Waals surface area contributed by atoms with Gasteiger partial charge in [0.05, 0.1) is 12.5 Å². The fourth-order valence-corrected chi connectivity index (χ4v) is 1.85. The normalized spacial score (nSPS) is 25.2. The van der Waals surface area contributed by atoms with Crippen molar-refractivity contribution in [2.75, 3.05) is 6.54 Å². The molecule has 0 aliphatic carbocycles. The molecule has 2 amide bonds. The Morgan fingerprint density at radius 1 is 1.53 bits per heavy atom. The number of nitrogens with one attached hydrogen (secondary N) is 2. The van der Waals surface area contributed by atoms with E-state index >= 15 is 0 Å². The van der Waals surface area contributed by atoms with Crippen molar-refractivity contribution in [3.63, 3.8) is 0 Å². The van der Waals surface area contributed by atoms with Crippen molar-refractivity contribution in [3.05, 3.63) is 0 Å². The molecule has 1 rings (SSSR count). The molecular formula is C10H17N3O4. The number of carboxylic acid groups (broad SMARTS) is 1. The summed E-state index contributed by atoms with van der Waals surface area (Å²) in [5.74, 6) is -2.27. The van der Waals surface area contributed by atoms with Gasteiger partial charge in [0.15, 0.2) is 0 Å². The second-order valence-corrected chi connectivity index (χ2v) is 4.27. The molecule has 2 unspecified atom stereocenters. The lowest BCUT2D eigenvalue weighted by Crippen LogP contribution is -2.50. The highest BCUT2D eigenvalue weighted by Crippen LogP contribution is 2.14. The summed E-state index contributed by atoms with van der Waals surface area (Å²) in [6.45, 7) is 2.64. The van der Waals surface area contributed by atoms with E-state index in [2.05, 4.69) is 10.6 Å². The van der Waals surface area contributed by atoms with Crippen LogP contribution in [0.25, 0.3) is 0 Å². The van der Waals surface area contributed by atoms with Crippen LogP contribution < -0.4 is 16.4 Å². The molecule has 1 heterocycles.